The fraction of sp³-hybridized carbons (Fsp3) is 0.100. The lowest BCUT2D eigenvalue weighted by Crippen LogP contribution is -2.04. The molecule has 0 saturated heterocycles. The Kier molecular flexibility index (Phi) is 2.37. The Hall–Kier alpha value is -2.15. The van der Waals surface area contributed by atoms with Crippen LogP contribution in [0.15, 0.2) is 24.0 Å². The second kappa shape index (κ2) is 4.02. The van der Waals surface area contributed by atoms with Gasteiger partial charge in [-0.1, -0.05) is 0 Å². The molecule has 0 radical (unpaired) electrons. The van der Waals surface area contributed by atoms with Crippen molar-refractivity contribution in [1.29, 1.82) is 0 Å². The topological polar surface area (TPSA) is 92.5 Å². The predicted molar refractivity (Wildman–Crippen MR) is 67.7 cm³/mol. The first kappa shape index (κ1) is 10.0. The molecule has 0 bridgehead atoms. The summed E-state index contributed by atoms with van der Waals surface area (Å²) in [5.74, 6) is 0.766. The van der Waals surface area contributed by atoms with Gasteiger partial charge in [0, 0.05) is 0 Å². The first-order valence-corrected chi connectivity index (χ1v) is 5.92. The van der Waals surface area contributed by atoms with Crippen LogP contribution in [-0.2, 0) is 6.54 Å². The van der Waals surface area contributed by atoms with E-state index in [1.807, 2.05) is 12.1 Å². The standard InChI is InChI=1S/C10H10N6S/c11-9-6(12-3-8-13-4-15-16-8)1-2-7-10(9)14-5-17-7/h1-2,4-5,12H,3,11H2,(H,13,15,16). The summed E-state index contributed by atoms with van der Waals surface area (Å²) in [6.07, 6.45) is 1.48. The lowest BCUT2D eigenvalue weighted by molar-refractivity contribution is 0.955. The Labute approximate surface area is 101 Å². The Morgan fingerprint density at radius 2 is 2.29 bits per heavy atom. The minimum atomic E-state index is 0.555. The lowest BCUT2D eigenvalue weighted by atomic mass is 10.2. The van der Waals surface area contributed by atoms with E-state index in [4.69, 9.17) is 5.73 Å². The molecule has 0 aliphatic carbocycles. The number of nitrogens with one attached hydrogen (secondary N) is 2. The lowest BCUT2D eigenvalue weighted by Gasteiger charge is -2.07. The second-order valence-electron chi connectivity index (χ2n) is 3.51. The third-order valence-corrected chi connectivity index (χ3v) is 3.25. The van der Waals surface area contributed by atoms with E-state index in [-0.39, 0.29) is 0 Å². The number of H-pyrrole nitrogens is 1. The third kappa shape index (κ3) is 1.80. The van der Waals surface area contributed by atoms with Crippen LogP contribution in [0.25, 0.3) is 10.2 Å². The van der Waals surface area contributed by atoms with Gasteiger partial charge in [0.2, 0.25) is 0 Å². The van der Waals surface area contributed by atoms with E-state index in [1.54, 1.807) is 16.8 Å². The van der Waals surface area contributed by atoms with Gasteiger partial charge in [-0.25, -0.2) is 9.97 Å². The molecule has 2 aromatic heterocycles. The van der Waals surface area contributed by atoms with Gasteiger partial charge in [-0.05, 0) is 12.1 Å². The molecule has 0 atom stereocenters. The molecule has 6 nitrogen and oxygen atoms in total. The van der Waals surface area contributed by atoms with E-state index < -0.39 is 0 Å². The molecular weight excluding hydrogens is 236 g/mol. The van der Waals surface area contributed by atoms with Crippen LogP contribution in [0.5, 0.6) is 0 Å². The smallest absolute Gasteiger partial charge is 0.143 e. The maximum Gasteiger partial charge on any atom is 0.143 e. The molecule has 7 heteroatoms. The van der Waals surface area contributed by atoms with E-state index in [9.17, 15) is 0 Å². The van der Waals surface area contributed by atoms with Gasteiger partial charge in [0.25, 0.3) is 0 Å². The SMILES string of the molecule is Nc1c(NCc2ncn[nH]2)ccc2scnc12. The maximum atomic E-state index is 6.04. The van der Waals surface area contributed by atoms with Crippen molar-refractivity contribution in [1.82, 2.24) is 20.2 Å². The summed E-state index contributed by atoms with van der Waals surface area (Å²) in [6, 6.07) is 3.96. The van der Waals surface area contributed by atoms with Crippen molar-refractivity contribution in [2.24, 2.45) is 0 Å². The molecule has 86 valence electrons. The fourth-order valence-corrected chi connectivity index (χ4v) is 2.29. The number of rotatable bonds is 3. The summed E-state index contributed by atoms with van der Waals surface area (Å²) in [6.45, 7) is 0.555. The van der Waals surface area contributed by atoms with Crippen molar-refractivity contribution in [3.05, 3.63) is 29.8 Å². The molecule has 17 heavy (non-hydrogen) atoms. The normalized spacial score (nSPS) is 10.8. The first-order chi connectivity index (χ1) is 8.34. The zero-order valence-electron chi connectivity index (χ0n) is 8.84. The summed E-state index contributed by atoms with van der Waals surface area (Å²) in [7, 11) is 0. The minimum absolute atomic E-state index is 0.555. The Bertz CT molecular complexity index is 629. The van der Waals surface area contributed by atoms with Crippen LogP contribution in [0.3, 0.4) is 0 Å². The number of fused-ring (bicyclic) bond motifs is 1. The van der Waals surface area contributed by atoms with Gasteiger partial charge in [0.1, 0.15) is 17.7 Å². The second-order valence-corrected chi connectivity index (χ2v) is 4.40. The van der Waals surface area contributed by atoms with Crippen LogP contribution < -0.4 is 11.1 Å². The number of nitrogen functional groups attached to an aromatic ring is 1. The third-order valence-electron chi connectivity index (χ3n) is 2.45. The van der Waals surface area contributed by atoms with Gasteiger partial charge in [-0.2, -0.15) is 5.10 Å². The molecule has 0 amide bonds. The molecule has 2 heterocycles. The van der Waals surface area contributed by atoms with E-state index in [1.165, 1.54) is 6.33 Å². The monoisotopic (exact) mass is 246 g/mol. The van der Waals surface area contributed by atoms with Crippen LogP contribution in [-0.4, -0.2) is 20.2 Å². The molecule has 0 aliphatic heterocycles. The largest absolute Gasteiger partial charge is 0.395 e. The van der Waals surface area contributed by atoms with Crippen molar-refractivity contribution < 1.29 is 0 Å². The van der Waals surface area contributed by atoms with Crippen molar-refractivity contribution in [2.75, 3.05) is 11.1 Å². The van der Waals surface area contributed by atoms with Crippen LogP contribution in [0.4, 0.5) is 11.4 Å². The molecule has 0 unspecified atom stereocenters. The van der Waals surface area contributed by atoms with Crippen LogP contribution in [0.2, 0.25) is 0 Å². The summed E-state index contributed by atoms with van der Waals surface area (Å²) in [5.41, 5.74) is 10.2. The van der Waals surface area contributed by atoms with Gasteiger partial charge >= 0.3 is 0 Å². The van der Waals surface area contributed by atoms with Crippen molar-refractivity contribution in [3.8, 4) is 0 Å². The number of anilines is 2. The van der Waals surface area contributed by atoms with Gasteiger partial charge < -0.3 is 11.1 Å². The van der Waals surface area contributed by atoms with Gasteiger partial charge in [0.05, 0.1) is 28.1 Å². The summed E-state index contributed by atoms with van der Waals surface area (Å²) >= 11 is 1.58. The minimum Gasteiger partial charge on any atom is -0.395 e. The van der Waals surface area contributed by atoms with Crippen molar-refractivity contribution in [2.45, 2.75) is 6.54 Å². The molecule has 0 spiro atoms. The highest BCUT2D eigenvalue weighted by molar-refractivity contribution is 7.16. The van der Waals surface area contributed by atoms with Crippen LogP contribution in [0, 0.1) is 0 Å². The Balaban J connectivity index is 1.87. The Morgan fingerprint density at radius 1 is 1.35 bits per heavy atom. The molecule has 4 N–H and O–H groups in total. The predicted octanol–water partition coefficient (Wildman–Crippen LogP) is 1.61. The Morgan fingerprint density at radius 3 is 3.12 bits per heavy atom. The maximum absolute atomic E-state index is 6.04. The molecule has 0 fully saturated rings. The van der Waals surface area contributed by atoms with E-state index in [2.05, 4.69) is 25.5 Å². The number of hydrogen-bond acceptors (Lipinski definition) is 6. The molecule has 3 rings (SSSR count). The average Bonchev–Trinajstić information content (AvgIpc) is 2.99. The van der Waals surface area contributed by atoms with E-state index in [0.29, 0.717) is 12.2 Å². The molecule has 0 aliphatic rings. The summed E-state index contributed by atoms with van der Waals surface area (Å²) in [5, 5.41) is 9.76. The van der Waals surface area contributed by atoms with Crippen molar-refractivity contribution in [3.63, 3.8) is 0 Å². The number of hydrogen-bond donors (Lipinski definition) is 3. The first-order valence-electron chi connectivity index (χ1n) is 5.04. The number of thiazole rings is 1. The van der Waals surface area contributed by atoms with Gasteiger partial charge in [0.15, 0.2) is 0 Å². The van der Waals surface area contributed by atoms with E-state index >= 15 is 0 Å². The number of benzene rings is 1. The van der Waals surface area contributed by atoms with Gasteiger partial charge in [-0.15, -0.1) is 11.3 Å². The highest BCUT2D eigenvalue weighted by atomic mass is 32.1. The van der Waals surface area contributed by atoms with E-state index in [0.717, 1.165) is 21.7 Å². The number of aromatic amines is 1. The highest BCUT2D eigenvalue weighted by Crippen LogP contribution is 2.29. The number of nitrogens with two attached hydrogens (primary N) is 1. The number of nitrogens with zero attached hydrogens (tertiary/aromatic N) is 3. The zero-order chi connectivity index (χ0) is 11.7. The fourth-order valence-electron chi connectivity index (χ4n) is 1.60. The zero-order valence-corrected chi connectivity index (χ0v) is 9.66. The summed E-state index contributed by atoms with van der Waals surface area (Å²) < 4.78 is 1.09. The highest BCUT2D eigenvalue weighted by Gasteiger charge is 2.06. The summed E-state index contributed by atoms with van der Waals surface area (Å²) in [4.78, 5) is 8.27. The molecule has 1 aromatic carbocycles. The molecule has 0 saturated carbocycles. The molecular formula is C10H10N6S. The average molecular weight is 246 g/mol. The molecule has 3 aromatic rings. The van der Waals surface area contributed by atoms with Crippen molar-refractivity contribution >= 4 is 32.9 Å². The van der Waals surface area contributed by atoms with Crippen LogP contribution in [0.1, 0.15) is 5.82 Å². The number of aromatic nitrogens is 4. The quantitative estimate of drug-likeness (QED) is 0.610. The van der Waals surface area contributed by atoms with Gasteiger partial charge in [-0.3, -0.25) is 5.10 Å². The van der Waals surface area contributed by atoms with Crippen LogP contribution >= 0.6 is 11.3 Å².